The second kappa shape index (κ2) is 13.4. The first-order valence-corrected chi connectivity index (χ1v) is 16.6. The Kier molecular flexibility index (Phi) is 8.84. The number of anilines is 1. The van der Waals surface area contributed by atoms with Crippen molar-refractivity contribution in [1.82, 2.24) is 25.1 Å². The fraction of sp³-hybridized carbons (Fsp3) is 0.235. The molecule has 0 unspecified atom stereocenters. The maximum atomic E-state index is 14.0. The molecule has 2 aromatic heterocycles. The highest BCUT2D eigenvalue weighted by Gasteiger charge is 2.42. The normalized spacial score (nSPS) is 19.4. The first-order chi connectivity index (χ1) is 23.7. The summed E-state index contributed by atoms with van der Waals surface area (Å²) in [7, 11) is 1.30. The van der Waals surface area contributed by atoms with Crippen molar-refractivity contribution < 1.29 is 28.6 Å². The molecule has 4 aromatic rings. The quantitative estimate of drug-likeness (QED) is 0.247. The van der Waals surface area contributed by atoms with Gasteiger partial charge >= 0.3 is 18.0 Å². The highest BCUT2D eigenvalue weighted by atomic mass is 35.5. The number of esters is 1. The lowest BCUT2D eigenvalue weighted by Crippen LogP contribution is -2.53. The van der Waals surface area contributed by atoms with Gasteiger partial charge in [0.1, 0.15) is 11.9 Å². The van der Waals surface area contributed by atoms with E-state index in [4.69, 9.17) is 26.4 Å². The number of hydrogen-bond donors (Lipinski definition) is 2. The summed E-state index contributed by atoms with van der Waals surface area (Å²) in [5.74, 6) is -1.64. The van der Waals surface area contributed by atoms with Crippen LogP contribution in [0.3, 0.4) is 0 Å². The van der Waals surface area contributed by atoms with Crippen molar-refractivity contribution in [2.24, 2.45) is 4.99 Å². The summed E-state index contributed by atoms with van der Waals surface area (Å²) in [5, 5.41) is 15.1. The van der Waals surface area contributed by atoms with Crippen molar-refractivity contribution in [1.29, 1.82) is 0 Å². The second-order valence-corrected chi connectivity index (χ2v) is 13.0. The Bertz CT molecular complexity index is 1990. The molecule has 2 atom stereocenters. The number of rotatable bonds is 8. The predicted octanol–water partition coefficient (Wildman–Crippen LogP) is 4.84. The number of aromatic nitrogens is 2. The molecule has 0 aliphatic carbocycles. The molecule has 2 saturated heterocycles. The zero-order valence-corrected chi connectivity index (χ0v) is 27.6. The van der Waals surface area contributed by atoms with Crippen molar-refractivity contribution in [3.63, 3.8) is 0 Å². The number of benzene rings is 2. The van der Waals surface area contributed by atoms with Crippen LogP contribution in [0.2, 0.25) is 5.02 Å². The first kappa shape index (κ1) is 32.4. The number of carbonyl (C=O) groups is 3. The van der Waals surface area contributed by atoms with E-state index in [0.717, 1.165) is 5.56 Å². The fourth-order valence-corrected chi connectivity index (χ4v) is 7.18. The number of nitrogens with zero attached hydrogens (tertiary/aromatic N) is 6. The van der Waals surface area contributed by atoms with Crippen molar-refractivity contribution in [3.05, 3.63) is 111 Å². The van der Waals surface area contributed by atoms with E-state index in [0.29, 0.717) is 66.2 Å². The van der Waals surface area contributed by atoms with Crippen LogP contribution < -0.4 is 10.2 Å². The highest BCUT2D eigenvalue weighted by Crippen LogP contribution is 2.37. The van der Waals surface area contributed by atoms with Gasteiger partial charge in [0.15, 0.2) is 10.8 Å². The molecule has 0 saturated carbocycles. The zero-order valence-electron chi connectivity index (χ0n) is 26.0. The average molecular weight is 702 g/mol. The Hall–Kier alpha value is -5.18. The van der Waals surface area contributed by atoms with Crippen molar-refractivity contribution in [3.8, 4) is 11.3 Å². The smallest absolute Gasteiger partial charge is 0.338 e. The van der Waals surface area contributed by atoms with E-state index in [1.54, 1.807) is 29.4 Å². The second-order valence-electron chi connectivity index (χ2n) is 11.7. The largest absolute Gasteiger partial charge is 0.478 e. The molecular weight excluding hydrogens is 673 g/mol. The van der Waals surface area contributed by atoms with Gasteiger partial charge in [-0.3, -0.25) is 19.8 Å². The lowest BCUT2D eigenvalue weighted by Gasteiger charge is -2.38. The van der Waals surface area contributed by atoms with Crippen LogP contribution in [0.15, 0.2) is 88.6 Å². The van der Waals surface area contributed by atoms with E-state index in [2.05, 4.69) is 20.2 Å². The van der Waals surface area contributed by atoms with Crippen LogP contribution in [0.4, 0.5) is 14.9 Å². The fourth-order valence-electron chi connectivity index (χ4n) is 6.32. The summed E-state index contributed by atoms with van der Waals surface area (Å²) in [6.45, 7) is 2.32. The maximum absolute atomic E-state index is 14.0. The van der Waals surface area contributed by atoms with E-state index in [1.807, 2.05) is 22.4 Å². The third-order valence-corrected chi connectivity index (χ3v) is 9.84. The molecule has 2 amide bonds. The Morgan fingerprint density at radius 1 is 1.10 bits per heavy atom. The molecule has 2 N–H and O–H groups in total. The number of fused-ring (bicyclic) bond motifs is 1. The van der Waals surface area contributed by atoms with Gasteiger partial charge in [-0.05, 0) is 36.4 Å². The molecule has 2 aromatic carbocycles. The highest BCUT2D eigenvalue weighted by molar-refractivity contribution is 7.11. The molecule has 5 heterocycles. The maximum Gasteiger partial charge on any atom is 0.338 e. The number of carboxylic acids is 1. The molecule has 49 heavy (non-hydrogen) atoms. The van der Waals surface area contributed by atoms with E-state index in [-0.39, 0.29) is 28.2 Å². The van der Waals surface area contributed by atoms with Gasteiger partial charge in [-0.15, -0.1) is 11.3 Å². The third kappa shape index (κ3) is 6.37. The third-order valence-electron chi connectivity index (χ3n) is 8.73. The Labute approximate surface area is 289 Å². The van der Waals surface area contributed by atoms with E-state index < -0.39 is 23.8 Å². The van der Waals surface area contributed by atoms with Gasteiger partial charge in [0.2, 0.25) is 0 Å². The molecule has 250 valence electrons. The monoisotopic (exact) mass is 701 g/mol. The van der Waals surface area contributed by atoms with Crippen LogP contribution in [0.25, 0.3) is 11.3 Å². The van der Waals surface area contributed by atoms with Crippen LogP contribution >= 0.6 is 22.9 Å². The molecule has 3 aliphatic rings. The summed E-state index contributed by atoms with van der Waals surface area (Å²) >= 11 is 7.87. The number of ether oxygens (including phenoxy) is 1. The summed E-state index contributed by atoms with van der Waals surface area (Å²) in [6.07, 6.45) is 3.31. The van der Waals surface area contributed by atoms with E-state index in [9.17, 15) is 18.8 Å². The van der Waals surface area contributed by atoms with Gasteiger partial charge in [0.25, 0.3) is 0 Å². The number of carboxylic acid groups (broad SMARTS) is 1. The number of nitrogens with one attached hydrogen (secondary N) is 1. The number of methoxy groups -OCH3 is 1. The number of amides is 2. The molecule has 15 heteroatoms. The van der Waals surface area contributed by atoms with Gasteiger partial charge in [-0.25, -0.2) is 23.8 Å². The first-order valence-electron chi connectivity index (χ1n) is 15.3. The van der Waals surface area contributed by atoms with Gasteiger partial charge in [-0.2, -0.15) is 0 Å². The van der Waals surface area contributed by atoms with Gasteiger partial charge in [-0.1, -0.05) is 29.8 Å². The Balaban J connectivity index is 1.11. The number of piperazine rings is 1. The molecule has 3 aliphatic heterocycles. The van der Waals surface area contributed by atoms with Gasteiger partial charge in [0, 0.05) is 66.1 Å². The minimum absolute atomic E-state index is 0.112. The summed E-state index contributed by atoms with van der Waals surface area (Å²) < 4.78 is 19.2. The molecule has 12 nitrogen and oxygen atoms in total. The number of pyridine rings is 1. The molecule has 2 fully saturated rings. The van der Waals surface area contributed by atoms with E-state index in [1.165, 1.54) is 48.8 Å². The van der Waals surface area contributed by atoms with Gasteiger partial charge in [0.05, 0.1) is 41.9 Å². The van der Waals surface area contributed by atoms with Crippen LogP contribution in [0.5, 0.6) is 0 Å². The Morgan fingerprint density at radius 3 is 2.59 bits per heavy atom. The summed E-state index contributed by atoms with van der Waals surface area (Å²) in [5.41, 5.74) is 3.54. The number of thiazole rings is 1. The summed E-state index contributed by atoms with van der Waals surface area (Å²) in [6, 6.07) is 13.0. The van der Waals surface area contributed by atoms with Crippen LogP contribution in [-0.2, 0) is 9.53 Å². The number of hydrogen-bond acceptors (Lipinski definition) is 10. The topological polar surface area (TPSA) is 141 Å². The summed E-state index contributed by atoms with van der Waals surface area (Å²) in [4.78, 5) is 57.5. The minimum Gasteiger partial charge on any atom is -0.478 e. The number of halogens is 2. The number of aliphatic imine (C=N–C) groups is 1. The number of aromatic carboxylic acids is 1. The molecular formula is C34H29ClFN7O5S. The molecule has 0 bridgehead atoms. The molecule has 0 spiro atoms. The average Bonchev–Trinajstić information content (AvgIpc) is 3.76. The Morgan fingerprint density at radius 2 is 1.92 bits per heavy atom. The number of amidine groups is 1. The molecule has 7 rings (SSSR count). The predicted molar refractivity (Wildman–Crippen MR) is 181 cm³/mol. The van der Waals surface area contributed by atoms with Gasteiger partial charge < -0.3 is 20.1 Å². The zero-order chi connectivity index (χ0) is 34.2. The van der Waals surface area contributed by atoms with E-state index >= 15 is 0 Å². The van der Waals surface area contributed by atoms with Crippen LogP contribution in [0.1, 0.15) is 27.0 Å². The van der Waals surface area contributed by atoms with Crippen LogP contribution in [-0.4, -0.2) is 94.6 Å². The van der Waals surface area contributed by atoms with Crippen molar-refractivity contribution in [2.45, 2.75) is 12.1 Å². The standard InChI is InChI=1S/C34H29ClFN7O5S/c1-48-33(46)28-27(39-30(31-37-10-13-49-31)40-29(28)24-8-6-21(36)14-25(24)35)18-41-11-12-42-23(16-41)17-43(34(42)47)22-7-9-26(38-15-22)19-2-4-20(5-3-19)32(44)45/h2-10,13-15,23,29H,11-12,16-18H2,1H3,(H,39,40)(H,44,45)/t23-,29-/m0/s1. The number of carbonyl (C=O) groups excluding carboxylic acids is 2. The van der Waals surface area contributed by atoms with Crippen molar-refractivity contribution >= 4 is 52.4 Å². The lowest BCUT2D eigenvalue weighted by atomic mass is 9.95. The lowest BCUT2D eigenvalue weighted by molar-refractivity contribution is -0.136. The van der Waals surface area contributed by atoms with Crippen LogP contribution in [0, 0.1) is 5.82 Å². The molecule has 0 radical (unpaired) electrons. The SMILES string of the molecule is COC(=O)C1=C(CN2CCN3C(=O)N(c4ccc(-c5ccc(C(=O)O)cc5)nc4)C[C@@H]3C2)NC(c2nccs2)=N[C@H]1c1ccc(F)cc1Cl. The minimum atomic E-state index is -0.999. The van der Waals surface area contributed by atoms with Crippen molar-refractivity contribution in [2.75, 3.05) is 44.7 Å². The number of urea groups is 1.